The summed E-state index contributed by atoms with van der Waals surface area (Å²) in [7, 11) is 0. The van der Waals surface area contributed by atoms with Gasteiger partial charge in [-0.3, -0.25) is 0 Å². The molecule has 0 atom stereocenters. The summed E-state index contributed by atoms with van der Waals surface area (Å²) in [6, 6.07) is 0. The van der Waals surface area contributed by atoms with E-state index in [4.69, 9.17) is 0 Å². The molecule has 2 bridgehead atoms. The van der Waals surface area contributed by atoms with Gasteiger partial charge in [-0.25, -0.2) is 0 Å². The van der Waals surface area contributed by atoms with E-state index in [1.807, 2.05) is 0 Å². The standard InChI is InChI=1S/C11H20/c1-9(2)11-6-3-10(4-7-11)5-8-11/h9-10H,3-8H2,1-2H3. The predicted molar refractivity (Wildman–Crippen MR) is 48.5 cm³/mol. The second-order valence-corrected chi connectivity index (χ2v) is 5.00. The van der Waals surface area contributed by atoms with Gasteiger partial charge in [0.25, 0.3) is 0 Å². The van der Waals surface area contributed by atoms with Gasteiger partial charge in [0, 0.05) is 0 Å². The summed E-state index contributed by atoms with van der Waals surface area (Å²) in [4.78, 5) is 0. The number of rotatable bonds is 1. The Morgan fingerprint density at radius 1 is 1.00 bits per heavy atom. The van der Waals surface area contributed by atoms with Gasteiger partial charge >= 0.3 is 0 Å². The first kappa shape index (κ1) is 7.64. The smallest absolute Gasteiger partial charge is 0.0274 e. The van der Waals surface area contributed by atoms with E-state index in [0.29, 0.717) is 0 Å². The Labute approximate surface area is 70.4 Å². The highest BCUT2D eigenvalue weighted by Crippen LogP contribution is 2.53. The van der Waals surface area contributed by atoms with Crippen LogP contribution in [0.3, 0.4) is 0 Å². The largest absolute Gasteiger partial charge is 0.0622 e. The summed E-state index contributed by atoms with van der Waals surface area (Å²) in [5.74, 6) is 2.05. The Morgan fingerprint density at radius 3 is 1.73 bits per heavy atom. The molecule has 11 heavy (non-hydrogen) atoms. The molecule has 0 aromatic rings. The van der Waals surface area contributed by atoms with Gasteiger partial charge in [0.15, 0.2) is 0 Å². The topological polar surface area (TPSA) is 0 Å². The molecule has 0 nitrogen and oxygen atoms in total. The van der Waals surface area contributed by atoms with Crippen LogP contribution in [0, 0.1) is 17.3 Å². The molecule has 64 valence electrons. The maximum Gasteiger partial charge on any atom is -0.0274 e. The van der Waals surface area contributed by atoms with Crippen molar-refractivity contribution >= 4 is 0 Å². The zero-order valence-corrected chi connectivity index (χ0v) is 7.90. The summed E-state index contributed by atoms with van der Waals surface area (Å²) in [6.45, 7) is 4.84. The fourth-order valence-electron chi connectivity index (χ4n) is 3.15. The normalized spacial score (nSPS) is 43.4. The van der Waals surface area contributed by atoms with Crippen molar-refractivity contribution < 1.29 is 0 Å². The van der Waals surface area contributed by atoms with Crippen molar-refractivity contribution in [3.05, 3.63) is 0 Å². The predicted octanol–water partition coefficient (Wildman–Crippen LogP) is 3.61. The first-order chi connectivity index (χ1) is 5.23. The maximum atomic E-state index is 2.42. The van der Waals surface area contributed by atoms with Gasteiger partial charge in [0.2, 0.25) is 0 Å². The molecule has 0 N–H and O–H groups in total. The van der Waals surface area contributed by atoms with E-state index < -0.39 is 0 Å². The Hall–Kier alpha value is 0. The molecular weight excluding hydrogens is 132 g/mol. The summed E-state index contributed by atoms with van der Waals surface area (Å²) < 4.78 is 0. The van der Waals surface area contributed by atoms with Gasteiger partial charge in [-0.15, -0.1) is 0 Å². The van der Waals surface area contributed by atoms with E-state index in [-0.39, 0.29) is 0 Å². The zero-order chi connectivity index (χ0) is 7.90. The molecule has 3 rings (SSSR count). The molecule has 0 aliphatic heterocycles. The first-order valence-electron chi connectivity index (χ1n) is 5.23. The fraction of sp³-hybridized carbons (Fsp3) is 1.00. The zero-order valence-electron chi connectivity index (χ0n) is 7.90. The van der Waals surface area contributed by atoms with E-state index in [1.165, 1.54) is 38.5 Å². The van der Waals surface area contributed by atoms with Crippen LogP contribution >= 0.6 is 0 Å². The summed E-state index contributed by atoms with van der Waals surface area (Å²) in [6.07, 6.45) is 9.23. The van der Waals surface area contributed by atoms with Crippen LogP contribution in [0.1, 0.15) is 52.4 Å². The molecule has 0 spiro atoms. The highest BCUT2D eigenvalue weighted by Gasteiger charge is 2.41. The number of fused-ring (bicyclic) bond motifs is 3. The molecule has 0 radical (unpaired) electrons. The monoisotopic (exact) mass is 152 g/mol. The van der Waals surface area contributed by atoms with Crippen molar-refractivity contribution in [1.82, 2.24) is 0 Å². The van der Waals surface area contributed by atoms with Gasteiger partial charge in [0.1, 0.15) is 0 Å². The Bertz CT molecular complexity index is 124. The van der Waals surface area contributed by atoms with Crippen LogP contribution < -0.4 is 0 Å². The second kappa shape index (κ2) is 2.50. The maximum absolute atomic E-state index is 2.42. The Kier molecular flexibility index (Phi) is 1.74. The van der Waals surface area contributed by atoms with E-state index in [0.717, 1.165) is 17.3 Å². The van der Waals surface area contributed by atoms with Crippen molar-refractivity contribution in [1.29, 1.82) is 0 Å². The van der Waals surface area contributed by atoms with Crippen molar-refractivity contribution in [2.45, 2.75) is 52.4 Å². The summed E-state index contributed by atoms with van der Waals surface area (Å²) >= 11 is 0. The van der Waals surface area contributed by atoms with E-state index in [9.17, 15) is 0 Å². The van der Waals surface area contributed by atoms with Crippen LogP contribution in [0.25, 0.3) is 0 Å². The van der Waals surface area contributed by atoms with E-state index >= 15 is 0 Å². The summed E-state index contributed by atoms with van der Waals surface area (Å²) in [5, 5.41) is 0. The van der Waals surface area contributed by atoms with Gasteiger partial charge in [-0.05, 0) is 55.8 Å². The van der Waals surface area contributed by atoms with Crippen LogP contribution in [0.2, 0.25) is 0 Å². The summed E-state index contributed by atoms with van der Waals surface area (Å²) in [5.41, 5.74) is 0.786. The van der Waals surface area contributed by atoms with E-state index in [1.54, 1.807) is 0 Å². The minimum absolute atomic E-state index is 0.786. The molecule has 0 aromatic heterocycles. The van der Waals surface area contributed by atoms with Crippen LogP contribution in [0.15, 0.2) is 0 Å². The minimum atomic E-state index is 0.786. The van der Waals surface area contributed by atoms with Gasteiger partial charge in [-0.1, -0.05) is 13.8 Å². The molecule has 0 unspecified atom stereocenters. The molecule has 3 aliphatic carbocycles. The SMILES string of the molecule is CC(C)C12CCC(CC1)CC2. The van der Waals surface area contributed by atoms with Crippen LogP contribution in [-0.4, -0.2) is 0 Å². The lowest BCUT2D eigenvalue weighted by atomic mass is 9.56. The average molecular weight is 152 g/mol. The van der Waals surface area contributed by atoms with Crippen LogP contribution in [0.5, 0.6) is 0 Å². The molecule has 0 heteroatoms. The molecule has 0 saturated heterocycles. The van der Waals surface area contributed by atoms with Crippen molar-refractivity contribution in [2.75, 3.05) is 0 Å². The highest BCUT2D eigenvalue weighted by molar-refractivity contribution is 4.93. The lowest BCUT2D eigenvalue weighted by Crippen LogP contribution is -2.37. The highest BCUT2D eigenvalue weighted by atomic mass is 14.5. The minimum Gasteiger partial charge on any atom is -0.0622 e. The van der Waals surface area contributed by atoms with Crippen molar-refractivity contribution in [2.24, 2.45) is 17.3 Å². The molecule has 3 fully saturated rings. The fourth-order valence-corrected chi connectivity index (χ4v) is 3.15. The number of hydrogen-bond donors (Lipinski definition) is 0. The third kappa shape index (κ3) is 1.11. The lowest BCUT2D eigenvalue weighted by Gasteiger charge is -2.49. The average Bonchev–Trinajstić information content (AvgIpc) is 2.08. The van der Waals surface area contributed by atoms with Crippen molar-refractivity contribution in [3.63, 3.8) is 0 Å². The van der Waals surface area contributed by atoms with Crippen LogP contribution in [0.4, 0.5) is 0 Å². The van der Waals surface area contributed by atoms with Crippen molar-refractivity contribution in [3.8, 4) is 0 Å². The second-order valence-electron chi connectivity index (χ2n) is 5.00. The molecular formula is C11H20. The van der Waals surface area contributed by atoms with Gasteiger partial charge in [-0.2, -0.15) is 0 Å². The molecule has 0 amide bonds. The Balaban J connectivity index is 2.12. The molecule has 0 heterocycles. The molecule has 0 aromatic carbocycles. The first-order valence-corrected chi connectivity index (χ1v) is 5.23. The number of hydrogen-bond acceptors (Lipinski definition) is 0. The van der Waals surface area contributed by atoms with Gasteiger partial charge in [0.05, 0.1) is 0 Å². The quantitative estimate of drug-likeness (QED) is 0.538. The molecule has 3 aliphatic rings. The third-order valence-corrected chi connectivity index (χ3v) is 4.38. The Morgan fingerprint density at radius 2 is 1.45 bits per heavy atom. The van der Waals surface area contributed by atoms with Gasteiger partial charge < -0.3 is 0 Å². The lowest BCUT2D eigenvalue weighted by molar-refractivity contribution is 0.0218. The molecule has 3 saturated carbocycles. The third-order valence-electron chi connectivity index (χ3n) is 4.38. The van der Waals surface area contributed by atoms with E-state index in [2.05, 4.69) is 13.8 Å². The van der Waals surface area contributed by atoms with Crippen LogP contribution in [-0.2, 0) is 0 Å².